The summed E-state index contributed by atoms with van der Waals surface area (Å²) in [6.45, 7) is 3.92. The van der Waals surface area contributed by atoms with Gasteiger partial charge in [-0.25, -0.2) is 4.98 Å². The first-order valence-electron chi connectivity index (χ1n) is 8.20. The number of rotatable bonds is 8. The number of aromatic nitrogens is 1. The molecule has 128 valence electrons. The number of hydrogen-bond acceptors (Lipinski definition) is 4. The van der Waals surface area contributed by atoms with Crippen LogP contribution in [0.2, 0.25) is 0 Å². The highest BCUT2D eigenvalue weighted by Gasteiger charge is 2.17. The Labute approximate surface area is 142 Å². The lowest BCUT2D eigenvalue weighted by Gasteiger charge is -2.19. The lowest BCUT2D eigenvalue weighted by atomic mass is 10.0. The molecule has 24 heavy (non-hydrogen) atoms. The molecule has 0 aliphatic heterocycles. The third-order valence-corrected chi connectivity index (χ3v) is 3.47. The van der Waals surface area contributed by atoms with E-state index in [-0.39, 0.29) is 24.7 Å². The van der Waals surface area contributed by atoms with Gasteiger partial charge in [0.05, 0.1) is 12.1 Å². The van der Waals surface area contributed by atoms with Gasteiger partial charge in [-0.3, -0.25) is 4.79 Å². The Kier molecular flexibility index (Phi) is 6.75. The molecule has 2 aromatic rings. The Balaban J connectivity index is 2.12. The summed E-state index contributed by atoms with van der Waals surface area (Å²) >= 11 is 0. The lowest BCUT2D eigenvalue weighted by molar-refractivity contribution is 0.0925. The lowest BCUT2D eigenvalue weighted by Crippen LogP contribution is -2.29. The van der Waals surface area contributed by atoms with E-state index in [0.29, 0.717) is 24.4 Å². The van der Waals surface area contributed by atoms with Gasteiger partial charge in [0.1, 0.15) is 5.69 Å². The largest absolute Gasteiger partial charge is 0.475 e. The summed E-state index contributed by atoms with van der Waals surface area (Å²) < 4.78 is 5.54. The van der Waals surface area contributed by atoms with Crippen LogP contribution in [0.4, 0.5) is 0 Å². The van der Waals surface area contributed by atoms with Crippen LogP contribution < -0.4 is 10.1 Å². The molecule has 5 nitrogen and oxygen atoms in total. The van der Waals surface area contributed by atoms with Gasteiger partial charge >= 0.3 is 0 Å². The van der Waals surface area contributed by atoms with Crippen molar-refractivity contribution in [3.63, 3.8) is 0 Å². The average molecular weight is 328 g/mol. The van der Waals surface area contributed by atoms with E-state index in [9.17, 15) is 4.79 Å². The third kappa shape index (κ3) is 5.35. The predicted molar refractivity (Wildman–Crippen MR) is 93.0 cm³/mol. The molecule has 0 radical (unpaired) electrons. The second-order valence-corrected chi connectivity index (χ2v) is 5.83. The molecular formula is C19H24N2O3. The molecule has 1 aromatic carbocycles. The zero-order chi connectivity index (χ0) is 17.4. The van der Waals surface area contributed by atoms with Gasteiger partial charge in [-0.1, -0.05) is 36.4 Å². The van der Waals surface area contributed by atoms with Crippen molar-refractivity contribution in [1.29, 1.82) is 0 Å². The number of aliphatic hydroxyl groups is 1. The smallest absolute Gasteiger partial charge is 0.270 e. The van der Waals surface area contributed by atoms with Gasteiger partial charge in [0.15, 0.2) is 0 Å². The van der Waals surface area contributed by atoms with Crippen LogP contribution in [0, 0.1) is 0 Å². The number of pyridine rings is 1. The average Bonchev–Trinajstić information content (AvgIpc) is 2.59. The molecule has 0 saturated heterocycles. The van der Waals surface area contributed by atoms with E-state index in [0.717, 1.165) is 5.56 Å². The zero-order valence-corrected chi connectivity index (χ0v) is 14.1. The van der Waals surface area contributed by atoms with Gasteiger partial charge in [0, 0.05) is 12.7 Å². The van der Waals surface area contributed by atoms with Crippen molar-refractivity contribution in [3.05, 3.63) is 59.8 Å². The Morgan fingerprint density at radius 2 is 1.92 bits per heavy atom. The minimum atomic E-state index is -0.254. The Morgan fingerprint density at radius 3 is 2.58 bits per heavy atom. The van der Waals surface area contributed by atoms with E-state index >= 15 is 0 Å². The summed E-state index contributed by atoms with van der Waals surface area (Å²) in [5.41, 5.74) is 1.33. The third-order valence-electron chi connectivity index (χ3n) is 3.47. The van der Waals surface area contributed by atoms with Crippen molar-refractivity contribution in [3.8, 4) is 5.88 Å². The van der Waals surface area contributed by atoms with E-state index in [2.05, 4.69) is 10.3 Å². The molecule has 0 aliphatic rings. The summed E-state index contributed by atoms with van der Waals surface area (Å²) in [6.07, 6.45) is 1.27. The number of carbonyl (C=O) groups is 1. The van der Waals surface area contributed by atoms with Crippen molar-refractivity contribution < 1.29 is 14.6 Å². The topological polar surface area (TPSA) is 71.5 Å². The summed E-state index contributed by atoms with van der Waals surface area (Å²) in [6, 6.07) is 14.7. The van der Waals surface area contributed by atoms with Crippen LogP contribution in [-0.2, 0) is 0 Å². The number of ether oxygens (including phenoxy) is 1. The second-order valence-electron chi connectivity index (χ2n) is 5.83. The van der Waals surface area contributed by atoms with Crippen molar-refractivity contribution in [2.75, 3.05) is 6.61 Å². The molecule has 1 unspecified atom stereocenters. The van der Waals surface area contributed by atoms with Crippen LogP contribution in [-0.4, -0.2) is 28.7 Å². The molecule has 1 amide bonds. The van der Waals surface area contributed by atoms with Crippen molar-refractivity contribution >= 4 is 5.91 Å². The number of hydrogen-bond donors (Lipinski definition) is 2. The van der Waals surface area contributed by atoms with Crippen molar-refractivity contribution in [2.24, 2.45) is 0 Å². The molecule has 1 aromatic heterocycles. The van der Waals surface area contributed by atoms with Crippen LogP contribution in [0.3, 0.4) is 0 Å². The van der Waals surface area contributed by atoms with Gasteiger partial charge in [-0.2, -0.15) is 0 Å². The molecule has 1 heterocycles. The number of amides is 1. The number of nitrogens with zero attached hydrogens (tertiary/aromatic N) is 1. The monoisotopic (exact) mass is 328 g/mol. The van der Waals surface area contributed by atoms with E-state index < -0.39 is 0 Å². The number of nitrogens with one attached hydrogen (secondary N) is 1. The molecule has 5 heteroatoms. The van der Waals surface area contributed by atoms with Crippen LogP contribution in [0.15, 0.2) is 48.5 Å². The van der Waals surface area contributed by atoms with Crippen molar-refractivity contribution in [2.45, 2.75) is 38.8 Å². The van der Waals surface area contributed by atoms with Crippen LogP contribution in [0.1, 0.15) is 48.8 Å². The molecule has 0 bridgehead atoms. The summed E-state index contributed by atoms with van der Waals surface area (Å²) in [5.74, 6) is 0.181. The quantitative estimate of drug-likeness (QED) is 0.781. The highest BCUT2D eigenvalue weighted by Crippen LogP contribution is 2.19. The Hall–Kier alpha value is -2.40. The van der Waals surface area contributed by atoms with Crippen LogP contribution >= 0.6 is 0 Å². The molecular weight excluding hydrogens is 304 g/mol. The van der Waals surface area contributed by atoms with Gasteiger partial charge < -0.3 is 15.2 Å². The van der Waals surface area contributed by atoms with E-state index in [1.807, 2.05) is 44.2 Å². The zero-order valence-electron chi connectivity index (χ0n) is 14.1. The summed E-state index contributed by atoms with van der Waals surface area (Å²) in [7, 11) is 0. The fourth-order valence-corrected chi connectivity index (χ4v) is 2.38. The first-order valence-corrected chi connectivity index (χ1v) is 8.20. The normalized spacial score (nSPS) is 12.0. The van der Waals surface area contributed by atoms with Gasteiger partial charge in [0.2, 0.25) is 5.88 Å². The van der Waals surface area contributed by atoms with Crippen molar-refractivity contribution in [1.82, 2.24) is 10.3 Å². The predicted octanol–water partition coefficient (Wildman–Crippen LogP) is 3.11. The van der Waals surface area contributed by atoms with E-state index in [4.69, 9.17) is 9.84 Å². The first kappa shape index (κ1) is 17.9. The summed E-state index contributed by atoms with van der Waals surface area (Å²) in [5, 5.41) is 12.1. The molecule has 0 saturated carbocycles. The Morgan fingerprint density at radius 1 is 1.17 bits per heavy atom. The fourth-order valence-electron chi connectivity index (χ4n) is 2.38. The second kappa shape index (κ2) is 9.03. The Bertz CT molecular complexity index is 644. The van der Waals surface area contributed by atoms with Gasteiger partial charge in [-0.15, -0.1) is 0 Å². The molecule has 0 spiro atoms. The van der Waals surface area contributed by atoms with Gasteiger partial charge in [-0.05, 0) is 38.3 Å². The molecule has 2 N–H and O–H groups in total. The maximum absolute atomic E-state index is 12.5. The van der Waals surface area contributed by atoms with Crippen LogP contribution in [0.25, 0.3) is 0 Å². The molecule has 0 fully saturated rings. The standard InChI is InChI=1S/C19H24N2O3/c1-14(2)24-18-12-6-10-17(20-18)19(23)21-16(11-7-13-22)15-8-4-3-5-9-15/h3-6,8-10,12,14,16,22H,7,11,13H2,1-2H3,(H,21,23). The maximum Gasteiger partial charge on any atom is 0.270 e. The van der Waals surface area contributed by atoms with E-state index in [1.54, 1.807) is 18.2 Å². The molecule has 0 aliphatic carbocycles. The number of benzene rings is 1. The number of aliphatic hydroxyl groups excluding tert-OH is 1. The van der Waals surface area contributed by atoms with Crippen LogP contribution in [0.5, 0.6) is 5.88 Å². The SMILES string of the molecule is CC(C)Oc1cccc(C(=O)NC(CCCO)c2ccccc2)n1. The fraction of sp³-hybridized carbons (Fsp3) is 0.368. The molecule has 1 atom stereocenters. The van der Waals surface area contributed by atoms with E-state index in [1.165, 1.54) is 0 Å². The highest BCUT2D eigenvalue weighted by molar-refractivity contribution is 5.92. The maximum atomic E-state index is 12.5. The number of carbonyl (C=O) groups excluding carboxylic acids is 1. The minimum Gasteiger partial charge on any atom is -0.475 e. The minimum absolute atomic E-state index is 0.00238. The summed E-state index contributed by atoms with van der Waals surface area (Å²) in [4.78, 5) is 16.8. The highest BCUT2D eigenvalue weighted by atomic mass is 16.5. The first-order chi connectivity index (χ1) is 11.6. The molecule has 2 rings (SSSR count). The van der Waals surface area contributed by atoms with Gasteiger partial charge in [0.25, 0.3) is 5.91 Å².